The van der Waals surface area contributed by atoms with E-state index in [1.807, 2.05) is 41.3 Å². The number of anilines is 2. The van der Waals surface area contributed by atoms with Gasteiger partial charge in [0.15, 0.2) is 5.82 Å². The summed E-state index contributed by atoms with van der Waals surface area (Å²) in [5, 5.41) is 17.3. The Morgan fingerprint density at radius 2 is 1.91 bits per heavy atom. The van der Waals surface area contributed by atoms with Crippen LogP contribution in [0.1, 0.15) is 36.9 Å². The molecule has 0 fully saturated rings. The van der Waals surface area contributed by atoms with Crippen molar-refractivity contribution in [1.29, 1.82) is 0 Å². The van der Waals surface area contributed by atoms with E-state index in [9.17, 15) is 23.1 Å². The van der Waals surface area contributed by atoms with Crippen molar-refractivity contribution in [2.24, 2.45) is 0 Å². The summed E-state index contributed by atoms with van der Waals surface area (Å²) < 4.78 is 42.8. The second-order valence-corrected chi connectivity index (χ2v) is 11.3. The number of nitrogens with one attached hydrogen (secondary N) is 2. The van der Waals surface area contributed by atoms with Crippen LogP contribution in [0.2, 0.25) is 0 Å². The fraction of sp³-hybridized carbons (Fsp3) is 0.424. The molecule has 1 atom stereocenters. The number of para-hydroxylation sites is 1. The minimum absolute atomic E-state index is 0.117. The van der Waals surface area contributed by atoms with Crippen molar-refractivity contribution in [2.75, 3.05) is 50.0 Å². The lowest BCUT2D eigenvalue weighted by atomic mass is 10.1. The highest BCUT2D eigenvalue weighted by Gasteiger charge is 2.27. The number of carboxylic acid groups (broad SMARTS) is 1. The Bertz CT molecular complexity index is 1590. The average Bonchev–Trinajstić information content (AvgIpc) is 3.06. The number of aryl methyl sites for hydroxylation is 2. The van der Waals surface area contributed by atoms with E-state index in [2.05, 4.69) is 31.7 Å². The third-order valence-electron chi connectivity index (χ3n) is 7.79. The van der Waals surface area contributed by atoms with E-state index in [1.54, 1.807) is 18.5 Å². The standard InChI is InChI=1S/C33H38F3N7O3/c34-33(35,36)22-46-20-19-43(17-4-3-9-25-13-12-23-7-6-16-38-29(23)39-25)18-14-28(32(44)45)41-31-26-10-1-2-11-27(26)40-30(42-31)24-8-5-15-37-21-24/h1-2,5,8,10-13,15,21,28H,3-4,6-7,9,14,16-20,22H2,(H,38,39)(H,44,45)(H,40,41,42)/t28-/m0/s1. The Balaban J connectivity index is 1.23. The third-order valence-corrected chi connectivity index (χ3v) is 7.79. The van der Waals surface area contributed by atoms with Gasteiger partial charge in [-0.3, -0.25) is 4.98 Å². The number of unbranched alkanes of at least 4 members (excludes halogenated alkanes) is 1. The number of carboxylic acids is 1. The van der Waals surface area contributed by atoms with E-state index < -0.39 is 24.8 Å². The van der Waals surface area contributed by atoms with Gasteiger partial charge in [-0.25, -0.2) is 19.7 Å². The van der Waals surface area contributed by atoms with Crippen LogP contribution in [-0.4, -0.2) is 87.5 Å². The molecule has 10 nitrogen and oxygen atoms in total. The van der Waals surface area contributed by atoms with Gasteiger partial charge in [0.1, 0.15) is 24.3 Å². The largest absolute Gasteiger partial charge is 0.480 e. The lowest BCUT2D eigenvalue weighted by Gasteiger charge is -2.25. The monoisotopic (exact) mass is 637 g/mol. The van der Waals surface area contributed by atoms with Gasteiger partial charge in [0, 0.05) is 48.7 Å². The fourth-order valence-electron chi connectivity index (χ4n) is 5.41. The molecule has 0 saturated heterocycles. The quantitative estimate of drug-likeness (QED) is 0.134. The van der Waals surface area contributed by atoms with Gasteiger partial charge in [0.05, 0.1) is 12.1 Å². The number of alkyl halides is 3. The smallest absolute Gasteiger partial charge is 0.411 e. The second kappa shape index (κ2) is 15.8. The summed E-state index contributed by atoms with van der Waals surface area (Å²) in [6.45, 7) is 0.627. The molecule has 1 aliphatic rings. The summed E-state index contributed by atoms with van der Waals surface area (Å²) in [5.41, 5.74) is 3.56. The molecule has 1 aromatic carbocycles. The van der Waals surface area contributed by atoms with Crippen molar-refractivity contribution in [3.63, 3.8) is 0 Å². The van der Waals surface area contributed by atoms with Crippen molar-refractivity contribution in [1.82, 2.24) is 24.8 Å². The van der Waals surface area contributed by atoms with Gasteiger partial charge in [-0.1, -0.05) is 18.2 Å². The number of hydrogen-bond donors (Lipinski definition) is 3. The van der Waals surface area contributed by atoms with Crippen LogP contribution < -0.4 is 10.6 Å². The van der Waals surface area contributed by atoms with Gasteiger partial charge < -0.3 is 25.4 Å². The summed E-state index contributed by atoms with van der Waals surface area (Å²) in [7, 11) is 0. The number of hydrogen-bond acceptors (Lipinski definition) is 9. The molecular weight excluding hydrogens is 599 g/mol. The minimum atomic E-state index is -4.41. The van der Waals surface area contributed by atoms with Crippen LogP contribution >= 0.6 is 0 Å². The van der Waals surface area contributed by atoms with Gasteiger partial charge in [-0.05, 0) is 81.0 Å². The Labute approximate surface area is 265 Å². The number of nitrogens with zero attached hydrogens (tertiary/aromatic N) is 5. The second-order valence-electron chi connectivity index (χ2n) is 11.3. The summed E-state index contributed by atoms with van der Waals surface area (Å²) in [6.07, 6.45) is 3.54. The predicted octanol–water partition coefficient (Wildman–Crippen LogP) is 5.60. The van der Waals surface area contributed by atoms with E-state index in [-0.39, 0.29) is 19.6 Å². The number of halogens is 3. The molecule has 0 unspecified atom stereocenters. The Kier molecular flexibility index (Phi) is 11.3. The highest BCUT2D eigenvalue weighted by Crippen LogP contribution is 2.26. The van der Waals surface area contributed by atoms with Crippen molar-refractivity contribution in [2.45, 2.75) is 50.7 Å². The number of fused-ring (bicyclic) bond motifs is 2. The summed E-state index contributed by atoms with van der Waals surface area (Å²) in [4.78, 5) is 32.5. The molecule has 4 heterocycles. The van der Waals surface area contributed by atoms with Crippen LogP contribution in [-0.2, 0) is 22.4 Å². The number of pyridine rings is 2. The Hall–Kier alpha value is -4.36. The molecule has 0 spiro atoms. The topological polar surface area (TPSA) is 125 Å². The fourth-order valence-corrected chi connectivity index (χ4v) is 5.41. The molecule has 46 heavy (non-hydrogen) atoms. The predicted molar refractivity (Wildman–Crippen MR) is 170 cm³/mol. The summed E-state index contributed by atoms with van der Waals surface area (Å²) in [5.74, 6) is 0.671. The molecule has 13 heteroatoms. The van der Waals surface area contributed by atoms with Crippen molar-refractivity contribution < 1.29 is 27.8 Å². The van der Waals surface area contributed by atoms with Gasteiger partial charge in [-0.2, -0.15) is 13.2 Å². The zero-order valence-corrected chi connectivity index (χ0v) is 25.5. The lowest BCUT2D eigenvalue weighted by Crippen LogP contribution is -2.37. The third kappa shape index (κ3) is 9.57. The summed E-state index contributed by atoms with van der Waals surface area (Å²) >= 11 is 0. The Morgan fingerprint density at radius 1 is 1.04 bits per heavy atom. The van der Waals surface area contributed by atoms with Crippen molar-refractivity contribution in [3.05, 3.63) is 72.2 Å². The van der Waals surface area contributed by atoms with E-state index in [0.717, 1.165) is 50.2 Å². The van der Waals surface area contributed by atoms with Crippen LogP contribution in [0.4, 0.5) is 24.8 Å². The molecule has 1 aliphatic heterocycles. The SMILES string of the molecule is O=C(O)[C@H](CCN(CCCCc1ccc2c(n1)NCCC2)CCOCC(F)(F)F)Nc1nc(-c2cccnc2)nc2ccccc12. The molecule has 0 radical (unpaired) electrons. The van der Waals surface area contributed by atoms with Crippen LogP contribution in [0.25, 0.3) is 22.3 Å². The van der Waals surface area contributed by atoms with E-state index >= 15 is 0 Å². The van der Waals surface area contributed by atoms with Crippen LogP contribution in [0, 0.1) is 0 Å². The van der Waals surface area contributed by atoms with E-state index in [0.29, 0.717) is 41.2 Å². The maximum absolute atomic E-state index is 12.7. The molecule has 3 aromatic heterocycles. The van der Waals surface area contributed by atoms with Gasteiger partial charge in [-0.15, -0.1) is 0 Å². The molecule has 0 saturated carbocycles. The Morgan fingerprint density at radius 3 is 2.72 bits per heavy atom. The molecule has 0 aliphatic carbocycles. The van der Waals surface area contributed by atoms with Crippen LogP contribution in [0.3, 0.4) is 0 Å². The van der Waals surface area contributed by atoms with E-state index in [4.69, 9.17) is 9.72 Å². The molecule has 0 amide bonds. The number of aliphatic carboxylic acids is 1. The highest BCUT2D eigenvalue weighted by atomic mass is 19.4. The van der Waals surface area contributed by atoms with Gasteiger partial charge in [0.25, 0.3) is 0 Å². The first-order valence-electron chi connectivity index (χ1n) is 15.5. The first kappa shape index (κ1) is 33.0. The molecule has 5 rings (SSSR count). The minimum Gasteiger partial charge on any atom is -0.480 e. The maximum Gasteiger partial charge on any atom is 0.411 e. The number of ether oxygens (including phenoxy) is 1. The average molecular weight is 638 g/mol. The molecule has 3 N–H and O–H groups in total. The van der Waals surface area contributed by atoms with Crippen molar-refractivity contribution in [3.8, 4) is 11.4 Å². The van der Waals surface area contributed by atoms with Crippen LogP contribution in [0.5, 0.6) is 0 Å². The zero-order valence-electron chi connectivity index (χ0n) is 25.5. The summed E-state index contributed by atoms with van der Waals surface area (Å²) in [6, 6.07) is 14.1. The number of benzene rings is 1. The first-order valence-corrected chi connectivity index (χ1v) is 15.5. The lowest BCUT2D eigenvalue weighted by molar-refractivity contribution is -0.174. The van der Waals surface area contributed by atoms with Gasteiger partial charge >= 0.3 is 12.1 Å². The normalized spacial score (nSPS) is 13.7. The molecule has 0 bridgehead atoms. The number of rotatable bonds is 16. The molecule has 4 aromatic rings. The first-order chi connectivity index (χ1) is 22.2. The maximum atomic E-state index is 12.7. The molecular formula is C33H38F3N7O3. The highest BCUT2D eigenvalue weighted by molar-refractivity contribution is 5.92. The zero-order chi connectivity index (χ0) is 32.4. The number of aromatic nitrogens is 4. The van der Waals surface area contributed by atoms with Gasteiger partial charge in [0.2, 0.25) is 0 Å². The van der Waals surface area contributed by atoms with Crippen LogP contribution in [0.15, 0.2) is 60.9 Å². The van der Waals surface area contributed by atoms with Crippen molar-refractivity contribution >= 4 is 28.5 Å². The molecule has 244 valence electrons. The van der Waals surface area contributed by atoms with E-state index in [1.165, 1.54) is 5.56 Å². The number of carbonyl (C=O) groups is 1.